The lowest BCUT2D eigenvalue weighted by Gasteiger charge is -2.10. The molecular weight excluding hydrogens is 283 g/mol. The first kappa shape index (κ1) is 15.0. The van der Waals surface area contributed by atoms with E-state index in [4.69, 9.17) is 0 Å². The van der Waals surface area contributed by atoms with E-state index in [0.717, 1.165) is 0 Å². The van der Waals surface area contributed by atoms with Crippen molar-refractivity contribution in [3.05, 3.63) is 77.4 Å². The molecule has 0 N–H and O–H groups in total. The normalized spacial score (nSPS) is 10.7. The number of rotatable bonds is 2. The van der Waals surface area contributed by atoms with Crippen molar-refractivity contribution in [1.82, 2.24) is 0 Å². The topological polar surface area (TPSA) is 0 Å². The molecule has 0 amide bonds. The van der Waals surface area contributed by atoms with Crippen molar-refractivity contribution in [3.8, 4) is 22.3 Å². The van der Waals surface area contributed by atoms with Crippen molar-refractivity contribution < 1.29 is 0 Å². The van der Waals surface area contributed by atoms with Crippen molar-refractivity contribution in [2.75, 3.05) is 0 Å². The van der Waals surface area contributed by atoms with Crippen LogP contribution in [0.4, 0.5) is 0 Å². The van der Waals surface area contributed by atoms with E-state index >= 15 is 0 Å². The highest BCUT2D eigenvalue weighted by Gasteiger charge is 2.05. The minimum absolute atomic E-state index is 1.26. The average molecular weight is 304 g/mol. The summed E-state index contributed by atoms with van der Waals surface area (Å²) in [5, 5.41) is 1.26. The molecule has 0 spiro atoms. The van der Waals surface area contributed by atoms with Gasteiger partial charge in [0.15, 0.2) is 0 Å². The summed E-state index contributed by atoms with van der Waals surface area (Å²) in [6.07, 6.45) is 0. The maximum Gasteiger partial charge on any atom is -0.0154 e. The van der Waals surface area contributed by atoms with E-state index in [9.17, 15) is 0 Å². The highest BCUT2D eigenvalue weighted by Crippen LogP contribution is 2.29. The minimum Gasteiger partial charge on any atom is -0.105 e. The van der Waals surface area contributed by atoms with Gasteiger partial charge in [0.1, 0.15) is 0 Å². The first-order valence-electron chi connectivity index (χ1n) is 7.59. The van der Waals surface area contributed by atoms with Gasteiger partial charge in [-0.05, 0) is 65.5 Å². The molecule has 0 saturated heterocycles. The third kappa shape index (κ3) is 2.98. The minimum atomic E-state index is 1.26. The van der Waals surface area contributed by atoms with Crippen LogP contribution in [0.25, 0.3) is 22.3 Å². The van der Waals surface area contributed by atoms with Gasteiger partial charge in [-0.2, -0.15) is 0 Å². The fourth-order valence-corrected chi connectivity index (χ4v) is 3.04. The first-order valence-corrected chi connectivity index (χ1v) is 8.16. The molecule has 0 saturated carbocycles. The molecular formula is C21H21P. The maximum absolute atomic E-state index is 2.79. The Bertz CT molecular complexity index is 831. The second-order valence-corrected chi connectivity index (χ2v) is 6.59. The maximum atomic E-state index is 2.79. The molecule has 0 aliphatic heterocycles. The smallest absolute Gasteiger partial charge is 0.0154 e. The first-order chi connectivity index (χ1) is 10.5. The van der Waals surface area contributed by atoms with Gasteiger partial charge in [-0.15, -0.1) is 9.24 Å². The van der Waals surface area contributed by atoms with Gasteiger partial charge >= 0.3 is 0 Å². The third-order valence-corrected chi connectivity index (χ3v) is 4.81. The summed E-state index contributed by atoms with van der Waals surface area (Å²) >= 11 is 0. The van der Waals surface area contributed by atoms with Crippen LogP contribution >= 0.6 is 9.24 Å². The molecule has 110 valence electrons. The van der Waals surface area contributed by atoms with Crippen LogP contribution in [-0.2, 0) is 0 Å². The summed E-state index contributed by atoms with van der Waals surface area (Å²) in [4.78, 5) is 0. The Morgan fingerprint density at radius 3 is 2.09 bits per heavy atom. The molecule has 0 heterocycles. The Balaban J connectivity index is 2.07. The van der Waals surface area contributed by atoms with Gasteiger partial charge in [0, 0.05) is 0 Å². The van der Waals surface area contributed by atoms with Crippen molar-refractivity contribution in [2.24, 2.45) is 0 Å². The van der Waals surface area contributed by atoms with Gasteiger partial charge < -0.3 is 0 Å². The standard InChI is InChI=1S/C21H21P/c1-14-7-9-20(15(2)11-14)19-6-4-5-17(13-19)18-8-10-21(22)16(3)12-18/h4-13H,22H2,1-3H3. The lowest BCUT2D eigenvalue weighted by atomic mass is 9.95. The molecule has 3 aromatic carbocycles. The molecule has 1 unspecified atom stereocenters. The molecule has 0 fully saturated rings. The lowest BCUT2D eigenvalue weighted by molar-refractivity contribution is 1.38. The Kier molecular flexibility index (Phi) is 4.14. The van der Waals surface area contributed by atoms with Gasteiger partial charge in [-0.25, -0.2) is 0 Å². The zero-order chi connectivity index (χ0) is 15.7. The Hall–Kier alpha value is -1.91. The summed E-state index contributed by atoms with van der Waals surface area (Å²) in [7, 11) is 2.79. The SMILES string of the molecule is Cc1ccc(-c2cccc(-c3ccc(P)c(C)c3)c2)c(C)c1. The number of aryl methyl sites for hydroxylation is 3. The zero-order valence-corrected chi connectivity index (χ0v) is 14.5. The fourth-order valence-electron chi connectivity index (χ4n) is 2.86. The van der Waals surface area contributed by atoms with Crippen LogP contribution in [0.2, 0.25) is 0 Å². The highest BCUT2D eigenvalue weighted by molar-refractivity contribution is 7.27. The molecule has 0 nitrogen and oxygen atoms in total. The van der Waals surface area contributed by atoms with E-state index in [1.165, 1.54) is 44.2 Å². The van der Waals surface area contributed by atoms with Gasteiger partial charge in [-0.1, -0.05) is 60.2 Å². The molecule has 1 heteroatoms. The van der Waals surface area contributed by atoms with Gasteiger partial charge in [0.25, 0.3) is 0 Å². The van der Waals surface area contributed by atoms with Crippen molar-refractivity contribution in [2.45, 2.75) is 20.8 Å². The quantitative estimate of drug-likeness (QED) is 0.553. The van der Waals surface area contributed by atoms with Crippen LogP contribution in [-0.4, -0.2) is 0 Å². The van der Waals surface area contributed by atoms with Crippen molar-refractivity contribution in [1.29, 1.82) is 0 Å². The zero-order valence-electron chi connectivity index (χ0n) is 13.4. The summed E-state index contributed by atoms with van der Waals surface area (Å²) in [6, 6.07) is 22.1. The fraction of sp³-hybridized carbons (Fsp3) is 0.143. The Morgan fingerprint density at radius 2 is 1.36 bits per heavy atom. The van der Waals surface area contributed by atoms with Gasteiger partial charge in [-0.3, -0.25) is 0 Å². The molecule has 0 aromatic heterocycles. The molecule has 3 rings (SSSR count). The van der Waals surface area contributed by atoms with Crippen LogP contribution in [0.5, 0.6) is 0 Å². The second-order valence-electron chi connectivity index (χ2n) is 5.97. The monoisotopic (exact) mass is 304 g/mol. The molecule has 1 atom stereocenters. The number of benzene rings is 3. The summed E-state index contributed by atoms with van der Waals surface area (Å²) in [5.41, 5.74) is 9.08. The molecule has 0 aliphatic carbocycles. The molecule has 0 bridgehead atoms. The number of hydrogen-bond donors (Lipinski definition) is 0. The van der Waals surface area contributed by atoms with Crippen molar-refractivity contribution >= 4 is 14.5 Å². The second kappa shape index (κ2) is 6.07. The number of hydrogen-bond acceptors (Lipinski definition) is 0. The van der Waals surface area contributed by atoms with Crippen LogP contribution in [0, 0.1) is 20.8 Å². The largest absolute Gasteiger partial charge is 0.105 e. The predicted octanol–water partition coefficient (Wildman–Crippen LogP) is 5.45. The lowest BCUT2D eigenvalue weighted by Crippen LogP contribution is -1.95. The van der Waals surface area contributed by atoms with Gasteiger partial charge in [0.05, 0.1) is 0 Å². The van der Waals surface area contributed by atoms with E-state index in [1.807, 2.05) is 0 Å². The van der Waals surface area contributed by atoms with Crippen LogP contribution in [0.15, 0.2) is 60.7 Å². The summed E-state index contributed by atoms with van der Waals surface area (Å²) in [6.45, 7) is 6.47. The van der Waals surface area contributed by atoms with Crippen LogP contribution < -0.4 is 5.30 Å². The molecule has 0 radical (unpaired) electrons. The van der Waals surface area contributed by atoms with Crippen molar-refractivity contribution in [3.63, 3.8) is 0 Å². The van der Waals surface area contributed by atoms with Crippen LogP contribution in [0.3, 0.4) is 0 Å². The summed E-state index contributed by atoms with van der Waals surface area (Å²) < 4.78 is 0. The Morgan fingerprint density at radius 1 is 0.636 bits per heavy atom. The van der Waals surface area contributed by atoms with E-state index < -0.39 is 0 Å². The van der Waals surface area contributed by atoms with Crippen LogP contribution in [0.1, 0.15) is 16.7 Å². The van der Waals surface area contributed by atoms with E-state index in [0.29, 0.717) is 0 Å². The summed E-state index contributed by atoms with van der Waals surface area (Å²) in [5.74, 6) is 0. The van der Waals surface area contributed by atoms with Gasteiger partial charge in [0.2, 0.25) is 0 Å². The molecule has 3 aromatic rings. The average Bonchev–Trinajstić information content (AvgIpc) is 2.50. The predicted molar refractivity (Wildman–Crippen MR) is 101 cm³/mol. The molecule has 0 aliphatic rings. The van der Waals surface area contributed by atoms with E-state index in [2.05, 4.69) is 90.7 Å². The Labute approximate surface area is 135 Å². The highest BCUT2D eigenvalue weighted by atomic mass is 31.0. The van der Waals surface area contributed by atoms with E-state index in [-0.39, 0.29) is 0 Å². The van der Waals surface area contributed by atoms with E-state index in [1.54, 1.807) is 0 Å². The molecule has 22 heavy (non-hydrogen) atoms. The third-order valence-electron chi connectivity index (χ3n) is 4.16.